The van der Waals surface area contributed by atoms with Crippen molar-refractivity contribution in [2.45, 2.75) is 39.3 Å². The van der Waals surface area contributed by atoms with E-state index < -0.39 is 6.09 Å². The lowest BCUT2D eigenvalue weighted by Gasteiger charge is -2.45. The van der Waals surface area contributed by atoms with Crippen LogP contribution in [0.3, 0.4) is 0 Å². The Morgan fingerprint density at radius 3 is 2.07 bits per heavy atom. The molecule has 1 saturated heterocycles. The first kappa shape index (κ1) is 11.5. The molecule has 0 radical (unpaired) electrons. The van der Waals surface area contributed by atoms with Gasteiger partial charge in [-0.1, -0.05) is 6.92 Å². The van der Waals surface area contributed by atoms with Gasteiger partial charge in [-0.3, -0.25) is 4.48 Å². The van der Waals surface area contributed by atoms with Gasteiger partial charge in [0.05, 0.1) is 18.1 Å². The molecule has 0 saturated carbocycles. The molecule has 1 amide bonds. The Balaban J connectivity index is 3.04. The minimum atomic E-state index is -1.00. The van der Waals surface area contributed by atoms with Crippen LogP contribution in [0.25, 0.3) is 0 Å². The molecule has 0 aromatic carbocycles. The summed E-state index contributed by atoms with van der Waals surface area (Å²) in [6.07, 6.45) is -1.00. The van der Waals surface area contributed by atoms with Gasteiger partial charge < -0.3 is 15.6 Å². The molecule has 0 spiro atoms. The van der Waals surface area contributed by atoms with Crippen LogP contribution in [0.2, 0.25) is 0 Å². The van der Waals surface area contributed by atoms with Crippen LogP contribution in [-0.2, 0) is 0 Å². The van der Waals surface area contributed by atoms with Crippen molar-refractivity contribution in [3.63, 3.8) is 0 Å². The number of amides is 1. The van der Waals surface area contributed by atoms with Crippen molar-refractivity contribution in [3.05, 3.63) is 0 Å². The molecule has 3 atom stereocenters. The molecule has 14 heavy (non-hydrogen) atoms. The van der Waals surface area contributed by atoms with Crippen LogP contribution < -0.4 is 10.8 Å². The van der Waals surface area contributed by atoms with Gasteiger partial charge in [-0.25, -0.2) is 0 Å². The average molecular weight is 200 g/mol. The summed E-state index contributed by atoms with van der Waals surface area (Å²) in [5.74, 6) is 0.243. The second-order valence-electron chi connectivity index (χ2n) is 5.41. The molecule has 82 valence electrons. The quantitative estimate of drug-likeness (QED) is 0.556. The van der Waals surface area contributed by atoms with Crippen molar-refractivity contribution < 1.29 is 14.4 Å². The Bertz CT molecular complexity index is 235. The highest BCUT2D eigenvalue weighted by molar-refractivity contribution is 5.55. The molecule has 2 N–H and O–H groups in total. The summed E-state index contributed by atoms with van der Waals surface area (Å²) in [4.78, 5) is 11.3. The summed E-state index contributed by atoms with van der Waals surface area (Å²) in [6.45, 7) is 8.83. The van der Waals surface area contributed by atoms with Gasteiger partial charge in [-0.05, 0) is 20.8 Å². The van der Waals surface area contributed by atoms with Gasteiger partial charge in [0.25, 0.3) is 6.09 Å². The molecule has 1 aliphatic rings. The number of nitrogens with zero attached hydrogens (tertiary/aromatic N) is 1. The largest absolute Gasteiger partial charge is 0.498 e. The topological polar surface area (TPSA) is 66.1 Å². The number of hydrogen-bond acceptors (Lipinski definition) is 3. The maximum absolute atomic E-state index is 11.3. The van der Waals surface area contributed by atoms with Crippen molar-refractivity contribution in [2.75, 3.05) is 13.1 Å². The third-order valence-electron chi connectivity index (χ3n) is 3.49. The van der Waals surface area contributed by atoms with E-state index in [1.165, 1.54) is 0 Å². The van der Waals surface area contributed by atoms with Gasteiger partial charge in [-0.2, -0.15) is 0 Å². The molecule has 1 aliphatic heterocycles. The summed E-state index contributed by atoms with van der Waals surface area (Å²) in [6, 6.07) is -0.0351. The van der Waals surface area contributed by atoms with E-state index in [0.717, 1.165) is 0 Å². The summed E-state index contributed by atoms with van der Waals surface area (Å²) >= 11 is 0. The zero-order chi connectivity index (χ0) is 11.1. The number of hydrogen-bond donors (Lipinski definition) is 1. The summed E-state index contributed by atoms with van der Waals surface area (Å²) in [7, 11) is 0. The van der Waals surface area contributed by atoms with Crippen LogP contribution in [0.15, 0.2) is 0 Å². The van der Waals surface area contributed by atoms with E-state index in [-0.39, 0.29) is 22.0 Å². The molecule has 1 fully saturated rings. The first-order chi connectivity index (χ1) is 6.21. The van der Waals surface area contributed by atoms with Crippen LogP contribution in [0.5, 0.6) is 0 Å². The normalized spacial score (nSPS) is 38.6. The van der Waals surface area contributed by atoms with Gasteiger partial charge in [0.2, 0.25) is 0 Å². The Hall–Kier alpha value is -0.610. The van der Waals surface area contributed by atoms with Crippen molar-refractivity contribution in [1.82, 2.24) is 0 Å². The lowest BCUT2D eigenvalue weighted by atomic mass is 10.0. The predicted octanol–water partition coefficient (Wildman–Crippen LogP) is -0.0780. The second kappa shape index (κ2) is 3.21. The third kappa shape index (κ3) is 1.53. The fourth-order valence-electron chi connectivity index (χ4n) is 2.21. The Morgan fingerprint density at radius 1 is 1.43 bits per heavy atom. The van der Waals surface area contributed by atoms with Crippen molar-refractivity contribution in [3.8, 4) is 0 Å². The molecule has 4 nitrogen and oxygen atoms in total. The van der Waals surface area contributed by atoms with Crippen molar-refractivity contribution in [1.29, 1.82) is 0 Å². The molecule has 1 unspecified atom stereocenters. The number of carbonyl (C=O) groups excluding carboxylic acids is 1. The monoisotopic (exact) mass is 200 g/mol. The first-order valence-electron chi connectivity index (χ1n) is 5.05. The minimum Gasteiger partial charge on any atom is -0.498 e. The molecule has 4 heteroatoms. The molecular formula is C10H20N2O2. The average Bonchev–Trinajstić information content (AvgIpc) is 2.28. The Morgan fingerprint density at radius 2 is 1.93 bits per heavy atom. The number of likely N-dealkylation sites (tertiary alicyclic amines) is 1. The second-order valence-corrected chi connectivity index (χ2v) is 5.41. The van der Waals surface area contributed by atoms with E-state index in [0.29, 0.717) is 13.1 Å². The van der Waals surface area contributed by atoms with E-state index in [1.54, 1.807) is 0 Å². The molecular weight excluding hydrogens is 180 g/mol. The maximum Gasteiger partial charge on any atom is 0.257 e. The lowest BCUT2D eigenvalue weighted by Crippen LogP contribution is -2.67. The van der Waals surface area contributed by atoms with Gasteiger partial charge in [-0.15, -0.1) is 0 Å². The number of carboxylic acid groups (broad SMARTS) is 1. The van der Waals surface area contributed by atoms with E-state index in [9.17, 15) is 9.90 Å². The standard InChI is InChI=1S/C10H20N2O2/c1-7-5-12(9(13)14,6-8(7)11)10(2,3)4/h7-8H,5-6,11H2,1-4H3/t7?,8-,12-/m0/s1. The maximum atomic E-state index is 11.3. The molecule has 0 aromatic rings. The van der Waals surface area contributed by atoms with Gasteiger partial charge >= 0.3 is 0 Å². The van der Waals surface area contributed by atoms with Gasteiger partial charge in [0, 0.05) is 5.92 Å². The van der Waals surface area contributed by atoms with Gasteiger partial charge in [0.1, 0.15) is 6.54 Å². The van der Waals surface area contributed by atoms with Crippen LogP contribution in [0.1, 0.15) is 27.7 Å². The highest BCUT2D eigenvalue weighted by Crippen LogP contribution is 2.32. The number of quaternary nitrogens is 1. The van der Waals surface area contributed by atoms with E-state index in [1.807, 2.05) is 27.7 Å². The number of rotatable bonds is 0. The summed E-state index contributed by atoms with van der Waals surface area (Å²) in [5.41, 5.74) is 5.54. The minimum absolute atomic E-state index is 0.0185. The van der Waals surface area contributed by atoms with Crippen molar-refractivity contribution >= 4 is 6.09 Å². The smallest absolute Gasteiger partial charge is 0.257 e. The predicted molar refractivity (Wildman–Crippen MR) is 52.3 cm³/mol. The zero-order valence-corrected chi connectivity index (χ0v) is 9.41. The van der Waals surface area contributed by atoms with E-state index >= 15 is 0 Å². The number of carbonyl (C=O) groups is 1. The van der Waals surface area contributed by atoms with Gasteiger partial charge in [0.15, 0.2) is 0 Å². The fraction of sp³-hybridized carbons (Fsp3) is 0.900. The Kier molecular flexibility index (Phi) is 2.63. The molecule has 1 rings (SSSR count). The van der Waals surface area contributed by atoms with E-state index in [4.69, 9.17) is 5.73 Å². The molecule has 1 heterocycles. The lowest BCUT2D eigenvalue weighted by molar-refractivity contribution is -0.910. The van der Waals surface area contributed by atoms with Crippen LogP contribution in [0.4, 0.5) is 4.79 Å². The third-order valence-corrected chi connectivity index (χ3v) is 3.49. The highest BCUT2D eigenvalue weighted by Gasteiger charge is 2.50. The summed E-state index contributed by atoms with van der Waals surface area (Å²) < 4.78 is -0.0185. The van der Waals surface area contributed by atoms with E-state index in [2.05, 4.69) is 0 Å². The van der Waals surface area contributed by atoms with Crippen LogP contribution in [0, 0.1) is 5.92 Å². The van der Waals surface area contributed by atoms with Crippen LogP contribution >= 0.6 is 0 Å². The Labute approximate surface area is 85.3 Å². The molecule has 0 aromatic heterocycles. The molecule has 0 aliphatic carbocycles. The first-order valence-corrected chi connectivity index (χ1v) is 5.05. The molecule has 0 bridgehead atoms. The number of nitrogens with two attached hydrogens (primary N) is 1. The SMILES string of the molecule is CC1C[N@+](C(=O)[O-])(C(C)(C)C)C[C@@H]1N. The highest BCUT2D eigenvalue weighted by atomic mass is 16.4. The van der Waals surface area contributed by atoms with Crippen molar-refractivity contribution in [2.24, 2.45) is 11.7 Å². The van der Waals surface area contributed by atoms with Crippen LogP contribution in [-0.4, -0.2) is 35.2 Å². The zero-order valence-electron chi connectivity index (χ0n) is 9.41. The summed E-state index contributed by atoms with van der Waals surface area (Å²) in [5, 5.41) is 11.3. The fourth-order valence-corrected chi connectivity index (χ4v) is 2.21.